The average molecular weight is 329 g/mol. The molecule has 3 aromatic rings. The van der Waals surface area contributed by atoms with Gasteiger partial charge in [-0.05, 0) is 60.3 Å². The second kappa shape index (κ2) is 6.06. The molecule has 3 nitrogen and oxygen atoms in total. The number of aryl methyl sites for hydroxylation is 1. The molecule has 126 valence electrons. The molecule has 25 heavy (non-hydrogen) atoms. The Morgan fingerprint density at radius 2 is 1.96 bits per heavy atom. The van der Waals surface area contributed by atoms with Crippen molar-refractivity contribution in [3.63, 3.8) is 0 Å². The Morgan fingerprint density at radius 1 is 1.16 bits per heavy atom. The van der Waals surface area contributed by atoms with Crippen LogP contribution in [0.15, 0.2) is 54.9 Å². The van der Waals surface area contributed by atoms with E-state index in [9.17, 15) is 5.26 Å². The molecule has 0 radical (unpaired) electrons. The van der Waals surface area contributed by atoms with Crippen LogP contribution in [-0.2, 0) is 5.41 Å². The highest BCUT2D eigenvalue weighted by atomic mass is 15.1. The Balaban J connectivity index is 1.76. The molecular formula is C22H23N3. The highest BCUT2D eigenvalue weighted by Crippen LogP contribution is 2.44. The number of benzene rings is 2. The fourth-order valence-corrected chi connectivity index (χ4v) is 4.28. The zero-order valence-corrected chi connectivity index (χ0v) is 14.8. The molecule has 4 rings (SSSR count). The first kappa shape index (κ1) is 15.9. The van der Waals surface area contributed by atoms with Gasteiger partial charge in [0.25, 0.3) is 0 Å². The number of hydrogen-bond acceptors (Lipinski definition) is 2. The van der Waals surface area contributed by atoms with Crippen LogP contribution < -0.4 is 0 Å². The lowest BCUT2D eigenvalue weighted by Gasteiger charge is -2.42. The maximum absolute atomic E-state index is 10.1. The quantitative estimate of drug-likeness (QED) is 0.740. The van der Waals surface area contributed by atoms with E-state index in [0.29, 0.717) is 0 Å². The molecular weight excluding hydrogens is 306 g/mol. The van der Waals surface area contributed by atoms with Crippen molar-refractivity contribution in [3.05, 3.63) is 71.5 Å². The normalized spacial score (nSPS) is 24.3. The molecule has 1 aliphatic rings. The summed E-state index contributed by atoms with van der Waals surface area (Å²) in [6, 6.07) is 18.0. The fraction of sp³-hybridized carbons (Fsp3) is 0.318. The number of rotatable bonds is 2. The third kappa shape index (κ3) is 2.63. The van der Waals surface area contributed by atoms with Crippen LogP contribution in [0, 0.1) is 18.3 Å². The van der Waals surface area contributed by atoms with Gasteiger partial charge in [-0.25, -0.2) is 0 Å². The molecule has 1 aromatic heterocycles. The van der Waals surface area contributed by atoms with Crippen molar-refractivity contribution in [2.75, 3.05) is 13.6 Å². The average Bonchev–Trinajstić information content (AvgIpc) is 3.11. The van der Waals surface area contributed by atoms with Gasteiger partial charge in [0, 0.05) is 25.0 Å². The summed E-state index contributed by atoms with van der Waals surface area (Å²) in [7, 11) is 2.17. The third-order valence-electron chi connectivity index (χ3n) is 5.81. The van der Waals surface area contributed by atoms with E-state index in [-0.39, 0.29) is 6.04 Å². The van der Waals surface area contributed by atoms with Crippen molar-refractivity contribution in [2.24, 2.45) is 0 Å². The first-order valence-electron chi connectivity index (χ1n) is 8.87. The van der Waals surface area contributed by atoms with Crippen molar-refractivity contribution in [1.29, 1.82) is 5.26 Å². The van der Waals surface area contributed by atoms with Crippen LogP contribution in [0.3, 0.4) is 0 Å². The monoisotopic (exact) mass is 329 g/mol. The van der Waals surface area contributed by atoms with Crippen molar-refractivity contribution >= 4 is 10.8 Å². The lowest BCUT2D eigenvalue weighted by molar-refractivity contribution is 0.143. The molecule has 1 aliphatic heterocycles. The Labute approximate surface area is 148 Å². The molecule has 2 atom stereocenters. The molecule has 1 saturated heterocycles. The Morgan fingerprint density at radius 3 is 2.76 bits per heavy atom. The molecule has 0 spiro atoms. The summed E-state index contributed by atoms with van der Waals surface area (Å²) in [6.45, 7) is 3.05. The zero-order chi connectivity index (χ0) is 17.4. The highest BCUT2D eigenvalue weighted by Gasteiger charge is 2.41. The molecule has 3 heteroatoms. The smallest absolute Gasteiger partial charge is 0.0855 e. The number of H-pyrrole nitrogens is 1. The van der Waals surface area contributed by atoms with Gasteiger partial charge in [0.05, 0.1) is 11.5 Å². The minimum Gasteiger partial charge on any atom is -0.366 e. The van der Waals surface area contributed by atoms with Crippen LogP contribution in [0.5, 0.6) is 0 Å². The summed E-state index contributed by atoms with van der Waals surface area (Å²) >= 11 is 0. The van der Waals surface area contributed by atoms with E-state index < -0.39 is 5.41 Å². The van der Waals surface area contributed by atoms with E-state index in [4.69, 9.17) is 0 Å². The van der Waals surface area contributed by atoms with Crippen molar-refractivity contribution in [2.45, 2.75) is 31.2 Å². The first-order valence-corrected chi connectivity index (χ1v) is 8.87. The SMILES string of the molecule is Cc1ccccc1C1(C#N)CCN(C)C(c2ccc3c[nH]cc3c2)C1. The van der Waals surface area contributed by atoms with Gasteiger partial charge >= 0.3 is 0 Å². The van der Waals surface area contributed by atoms with Gasteiger partial charge in [0.2, 0.25) is 0 Å². The molecule has 0 aliphatic carbocycles. The summed E-state index contributed by atoms with van der Waals surface area (Å²) < 4.78 is 0. The van der Waals surface area contributed by atoms with Gasteiger partial charge in [-0.2, -0.15) is 5.26 Å². The number of fused-ring (bicyclic) bond motifs is 1. The van der Waals surface area contributed by atoms with Crippen molar-refractivity contribution < 1.29 is 0 Å². The molecule has 0 saturated carbocycles. The van der Waals surface area contributed by atoms with Gasteiger partial charge in [0.1, 0.15) is 0 Å². The standard InChI is InChI=1S/C22H23N3/c1-16-5-3-4-6-20(16)22(15-23)9-10-25(2)21(12-22)17-7-8-18-13-24-14-19(18)11-17/h3-8,11,13-14,21,24H,9-10,12H2,1-2H3. The van der Waals surface area contributed by atoms with E-state index in [1.807, 2.05) is 12.4 Å². The van der Waals surface area contributed by atoms with Gasteiger partial charge in [-0.3, -0.25) is 4.90 Å². The van der Waals surface area contributed by atoms with Crippen LogP contribution in [0.2, 0.25) is 0 Å². The largest absolute Gasteiger partial charge is 0.366 e. The second-order valence-corrected chi connectivity index (χ2v) is 7.30. The van der Waals surface area contributed by atoms with Gasteiger partial charge < -0.3 is 4.98 Å². The molecule has 2 aromatic carbocycles. The predicted molar refractivity (Wildman–Crippen MR) is 101 cm³/mol. The molecule has 1 fully saturated rings. The topological polar surface area (TPSA) is 42.8 Å². The predicted octanol–water partition coefficient (Wildman–Crippen LogP) is 4.70. The Hall–Kier alpha value is -2.57. The van der Waals surface area contributed by atoms with E-state index in [1.54, 1.807) is 0 Å². The highest BCUT2D eigenvalue weighted by molar-refractivity contribution is 5.82. The number of piperidine rings is 1. The van der Waals surface area contributed by atoms with Crippen LogP contribution >= 0.6 is 0 Å². The third-order valence-corrected chi connectivity index (χ3v) is 5.81. The molecule has 0 bridgehead atoms. The lowest BCUT2D eigenvalue weighted by Crippen LogP contribution is -2.42. The number of nitrogens with zero attached hydrogens (tertiary/aromatic N) is 2. The number of likely N-dealkylation sites (tertiary alicyclic amines) is 1. The van der Waals surface area contributed by atoms with Crippen LogP contribution in [0.4, 0.5) is 0 Å². The first-order chi connectivity index (χ1) is 12.1. The van der Waals surface area contributed by atoms with Crippen LogP contribution in [0.25, 0.3) is 10.8 Å². The van der Waals surface area contributed by atoms with E-state index in [2.05, 4.69) is 72.4 Å². The summed E-state index contributed by atoms with van der Waals surface area (Å²) in [5, 5.41) is 12.6. The zero-order valence-electron chi connectivity index (χ0n) is 14.8. The summed E-state index contributed by atoms with van der Waals surface area (Å²) in [5.74, 6) is 0. The summed E-state index contributed by atoms with van der Waals surface area (Å²) in [6.07, 6.45) is 5.78. The molecule has 1 N–H and O–H groups in total. The van der Waals surface area contributed by atoms with Crippen molar-refractivity contribution in [3.8, 4) is 6.07 Å². The molecule has 2 unspecified atom stereocenters. The van der Waals surface area contributed by atoms with E-state index in [0.717, 1.165) is 19.4 Å². The fourth-order valence-electron chi connectivity index (χ4n) is 4.28. The number of aromatic nitrogens is 1. The second-order valence-electron chi connectivity index (χ2n) is 7.30. The van der Waals surface area contributed by atoms with Crippen molar-refractivity contribution in [1.82, 2.24) is 9.88 Å². The van der Waals surface area contributed by atoms with Gasteiger partial charge in [-0.15, -0.1) is 0 Å². The maximum atomic E-state index is 10.1. The molecule has 0 amide bonds. The summed E-state index contributed by atoms with van der Waals surface area (Å²) in [4.78, 5) is 5.56. The minimum atomic E-state index is -0.407. The van der Waals surface area contributed by atoms with E-state index >= 15 is 0 Å². The number of nitriles is 1. The number of aromatic amines is 1. The Bertz CT molecular complexity index is 949. The van der Waals surface area contributed by atoms with Gasteiger partial charge in [0.15, 0.2) is 0 Å². The van der Waals surface area contributed by atoms with Crippen LogP contribution in [0.1, 0.15) is 35.6 Å². The Kier molecular flexibility index (Phi) is 3.86. The maximum Gasteiger partial charge on any atom is 0.0855 e. The van der Waals surface area contributed by atoms with Crippen LogP contribution in [-0.4, -0.2) is 23.5 Å². The lowest BCUT2D eigenvalue weighted by atomic mass is 9.69. The van der Waals surface area contributed by atoms with E-state index in [1.165, 1.54) is 27.5 Å². The number of nitrogens with one attached hydrogen (secondary N) is 1. The minimum absolute atomic E-state index is 0.257. The summed E-state index contributed by atoms with van der Waals surface area (Å²) in [5.41, 5.74) is 3.30. The number of hydrogen-bond donors (Lipinski definition) is 1. The molecule has 2 heterocycles. The van der Waals surface area contributed by atoms with Gasteiger partial charge in [-0.1, -0.05) is 36.4 Å².